The number of anilines is 1. The van der Waals surface area contributed by atoms with Crippen LogP contribution in [0, 0.1) is 21.7 Å². The summed E-state index contributed by atoms with van der Waals surface area (Å²) in [5.41, 5.74) is 0.681. The molecule has 0 radical (unpaired) electrons. The van der Waals surface area contributed by atoms with Gasteiger partial charge in [0.2, 0.25) is 5.91 Å². The molecule has 3 aromatic rings. The molecule has 1 amide bonds. The normalized spacial score (nSPS) is 14.6. The Morgan fingerprint density at radius 1 is 1.17 bits per heavy atom. The number of carbonyl (C=O) groups is 1. The molecular weight excluding hydrogens is 414 g/mol. The zero-order chi connectivity index (χ0) is 21.3. The maximum Gasteiger partial charge on any atom is 0.270 e. The second-order valence-corrected chi connectivity index (χ2v) is 7.74. The van der Waals surface area contributed by atoms with Crippen LogP contribution < -0.4 is 4.90 Å². The van der Waals surface area contributed by atoms with E-state index < -0.39 is 16.6 Å². The summed E-state index contributed by atoms with van der Waals surface area (Å²) in [7, 11) is 0. The summed E-state index contributed by atoms with van der Waals surface area (Å²) < 4.78 is 27.7. The number of fused-ring (bicyclic) bond motifs is 1. The number of hydrogen-bond donors (Lipinski definition) is 0. The van der Waals surface area contributed by atoms with Crippen molar-refractivity contribution in [1.82, 2.24) is 9.88 Å². The summed E-state index contributed by atoms with van der Waals surface area (Å²) in [6, 6.07) is 8.11. The maximum absolute atomic E-state index is 13.9. The van der Waals surface area contributed by atoms with Crippen LogP contribution >= 0.6 is 11.3 Å². The van der Waals surface area contributed by atoms with E-state index in [0.29, 0.717) is 41.6 Å². The lowest BCUT2D eigenvalue weighted by molar-refractivity contribution is -0.384. The first-order valence-electron chi connectivity index (χ1n) is 9.13. The molecular formula is C20H16F2N4O3S. The van der Waals surface area contributed by atoms with Gasteiger partial charge >= 0.3 is 0 Å². The molecule has 7 nitrogen and oxygen atoms in total. The third kappa shape index (κ3) is 4.13. The van der Waals surface area contributed by atoms with E-state index in [4.69, 9.17) is 0 Å². The van der Waals surface area contributed by atoms with Crippen LogP contribution in [0.3, 0.4) is 0 Å². The molecule has 1 aliphatic rings. The van der Waals surface area contributed by atoms with Gasteiger partial charge in [0.25, 0.3) is 5.69 Å². The van der Waals surface area contributed by atoms with Crippen molar-refractivity contribution < 1.29 is 18.5 Å². The summed E-state index contributed by atoms with van der Waals surface area (Å²) in [6.45, 7) is 1.93. The van der Waals surface area contributed by atoms with Crippen LogP contribution in [0.5, 0.6) is 0 Å². The third-order valence-electron chi connectivity index (χ3n) is 4.76. The lowest BCUT2D eigenvalue weighted by Gasteiger charge is -2.34. The summed E-state index contributed by atoms with van der Waals surface area (Å²) in [5.74, 6) is -1.52. The number of rotatable bonds is 4. The van der Waals surface area contributed by atoms with Crippen LogP contribution in [0.4, 0.5) is 19.6 Å². The molecule has 2 aromatic carbocycles. The predicted octanol–water partition coefficient (Wildman–Crippen LogP) is 3.84. The number of nitro benzene ring substituents is 1. The average Bonchev–Trinajstić information content (AvgIpc) is 3.17. The molecule has 0 saturated carbocycles. The van der Waals surface area contributed by atoms with Crippen molar-refractivity contribution in [3.63, 3.8) is 0 Å². The van der Waals surface area contributed by atoms with Crippen molar-refractivity contribution in [2.75, 3.05) is 31.1 Å². The van der Waals surface area contributed by atoms with Crippen LogP contribution in [0.25, 0.3) is 16.3 Å². The van der Waals surface area contributed by atoms with Crippen molar-refractivity contribution in [2.24, 2.45) is 0 Å². The Morgan fingerprint density at radius 3 is 2.67 bits per heavy atom. The molecule has 0 unspecified atom stereocenters. The molecule has 10 heteroatoms. The Kier molecular flexibility index (Phi) is 5.40. The summed E-state index contributed by atoms with van der Waals surface area (Å²) in [6.07, 6.45) is 2.94. The standard InChI is InChI=1S/C20H16F2N4O3S/c21-14-11-16(22)19-17(12-14)30-20(23-19)25-8-6-24(7-9-25)18(27)5-4-13-2-1-3-15(10-13)26(28)29/h1-5,10-12H,6-9H2/b5-4+. The molecule has 30 heavy (non-hydrogen) atoms. The molecule has 1 aliphatic heterocycles. The van der Waals surface area contributed by atoms with E-state index in [2.05, 4.69) is 4.98 Å². The highest BCUT2D eigenvalue weighted by atomic mass is 32.1. The first-order chi connectivity index (χ1) is 14.4. The summed E-state index contributed by atoms with van der Waals surface area (Å²) in [5, 5.41) is 11.4. The number of nitrogens with zero attached hydrogens (tertiary/aromatic N) is 4. The van der Waals surface area contributed by atoms with E-state index in [-0.39, 0.29) is 17.1 Å². The van der Waals surface area contributed by atoms with E-state index in [0.717, 1.165) is 6.07 Å². The number of carbonyl (C=O) groups excluding carboxylic acids is 1. The summed E-state index contributed by atoms with van der Waals surface area (Å²) in [4.78, 5) is 30.7. The highest BCUT2D eigenvalue weighted by Gasteiger charge is 2.23. The molecule has 4 rings (SSSR count). The second kappa shape index (κ2) is 8.15. The number of nitro groups is 1. The topological polar surface area (TPSA) is 79.6 Å². The van der Waals surface area contributed by atoms with Crippen molar-refractivity contribution in [3.05, 3.63) is 69.8 Å². The van der Waals surface area contributed by atoms with Crippen LogP contribution in [0.1, 0.15) is 5.56 Å². The van der Waals surface area contributed by atoms with E-state index in [1.165, 1.54) is 35.6 Å². The fourth-order valence-corrected chi connectivity index (χ4v) is 4.27. The Bertz CT molecular complexity index is 1160. The monoisotopic (exact) mass is 430 g/mol. The van der Waals surface area contributed by atoms with Crippen LogP contribution in [0.15, 0.2) is 42.5 Å². The maximum atomic E-state index is 13.9. The highest BCUT2D eigenvalue weighted by molar-refractivity contribution is 7.22. The van der Waals surface area contributed by atoms with Gasteiger partial charge in [0, 0.05) is 50.5 Å². The fourth-order valence-electron chi connectivity index (χ4n) is 3.21. The summed E-state index contributed by atoms with van der Waals surface area (Å²) >= 11 is 1.22. The van der Waals surface area contributed by atoms with E-state index in [9.17, 15) is 23.7 Å². The van der Waals surface area contributed by atoms with Gasteiger partial charge in [0.15, 0.2) is 10.9 Å². The second-order valence-electron chi connectivity index (χ2n) is 6.73. The van der Waals surface area contributed by atoms with Crippen LogP contribution in [-0.4, -0.2) is 46.9 Å². The quantitative estimate of drug-likeness (QED) is 0.357. The molecule has 0 bridgehead atoms. The van der Waals surface area contributed by atoms with Crippen LogP contribution in [-0.2, 0) is 4.79 Å². The van der Waals surface area contributed by atoms with E-state index >= 15 is 0 Å². The van der Waals surface area contributed by atoms with Gasteiger partial charge in [0.05, 0.1) is 9.62 Å². The van der Waals surface area contributed by atoms with Gasteiger partial charge in [0.1, 0.15) is 11.3 Å². The molecule has 0 spiro atoms. The number of halogens is 2. The van der Waals surface area contributed by atoms with E-state index in [1.54, 1.807) is 23.1 Å². The first kappa shape index (κ1) is 19.9. The molecule has 2 heterocycles. The number of aromatic nitrogens is 1. The van der Waals surface area contributed by atoms with Gasteiger partial charge in [-0.05, 0) is 17.7 Å². The zero-order valence-corrected chi connectivity index (χ0v) is 16.4. The van der Waals surface area contributed by atoms with Crippen molar-refractivity contribution in [1.29, 1.82) is 0 Å². The number of thiazole rings is 1. The van der Waals surface area contributed by atoms with Crippen molar-refractivity contribution in [3.8, 4) is 0 Å². The number of benzene rings is 2. The Labute approximate surface area is 174 Å². The minimum Gasteiger partial charge on any atom is -0.345 e. The van der Waals surface area contributed by atoms with Gasteiger partial charge in [-0.25, -0.2) is 13.8 Å². The third-order valence-corrected chi connectivity index (χ3v) is 5.83. The highest BCUT2D eigenvalue weighted by Crippen LogP contribution is 2.31. The lowest BCUT2D eigenvalue weighted by atomic mass is 10.2. The number of non-ortho nitro benzene ring substituents is 1. The van der Waals surface area contributed by atoms with Crippen molar-refractivity contribution in [2.45, 2.75) is 0 Å². The Hall–Kier alpha value is -3.40. The van der Waals surface area contributed by atoms with Gasteiger partial charge in [-0.3, -0.25) is 14.9 Å². The predicted molar refractivity (Wildman–Crippen MR) is 110 cm³/mol. The molecule has 0 aliphatic carbocycles. The van der Waals surface area contributed by atoms with Gasteiger partial charge in [-0.15, -0.1) is 0 Å². The SMILES string of the molecule is O=C(/C=C/c1cccc([N+](=O)[O-])c1)N1CCN(c2nc3c(F)cc(F)cc3s2)CC1. The molecule has 1 aromatic heterocycles. The average molecular weight is 430 g/mol. The van der Waals surface area contributed by atoms with Gasteiger partial charge < -0.3 is 9.80 Å². The molecule has 0 N–H and O–H groups in total. The lowest BCUT2D eigenvalue weighted by Crippen LogP contribution is -2.48. The number of amides is 1. The largest absolute Gasteiger partial charge is 0.345 e. The Balaban J connectivity index is 1.39. The van der Waals surface area contributed by atoms with Gasteiger partial charge in [-0.1, -0.05) is 23.5 Å². The van der Waals surface area contributed by atoms with Crippen molar-refractivity contribution >= 4 is 44.4 Å². The van der Waals surface area contributed by atoms with Gasteiger partial charge in [-0.2, -0.15) is 0 Å². The molecule has 1 saturated heterocycles. The van der Waals surface area contributed by atoms with E-state index in [1.807, 2.05) is 4.90 Å². The minimum atomic E-state index is -0.687. The number of hydrogen-bond acceptors (Lipinski definition) is 6. The Morgan fingerprint density at radius 2 is 1.93 bits per heavy atom. The molecule has 0 atom stereocenters. The smallest absolute Gasteiger partial charge is 0.270 e. The zero-order valence-electron chi connectivity index (χ0n) is 15.6. The van der Waals surface area contributed by atoms with Crippen LogP contribution in [0.2, 0.25) is 0 Å². The first-order valence-corrected chi connectivity index (χ1v) is 9.94. The fraction of sp³-hybridized carbons (Fsp3) is 0.200. The number of piperazine rings is 1. The molecule has 1 fully saturated rings. The molecule has 154 valence electrons. The minimum absolute atomic E-state index is 0.0367.